The summed E-state index contributed by atoms with van der Waals surface area (Å²) in [5.41, 5.74) is 0.822. The molecular formula is C15H17NO3S. The SMILES string of the molecule is CCCOc1ccccc1/C=C1/SC(=O)N(CC)C1=O. The summed E-state index contributed by atoms with van der Waals surface area (Å²) in [6, 6.07) is 7.52. The molecule has 0 radical (unpaired) electrons. The van der Waals surface area contributed by atoms with E-state index in [0.717, 1.165) is 29.5 Å². The zero-order chi connectivity index (χ0) is 14.5. The van der Waals surface area contributed by atoms with Crippen molar-refractivity contribution in [1.29, 1.82) is 0 Å². The lowest BCUT2D eigenvalue weighted by molar-refractivity contribution is -0.122. The Bertz CT molecular complexity index is 554. The van der Waals surface area contributed by atoms with Gasteiger partial charge >= 0.3 is 0 Å². The minimum absolute atomic E-state index is 0.212. The van der Waals surface area contributed by atoms with Gasteiger partial charge in [-0.25, -0.2) is 0 Å². The number of thioether (sulfide) groups is 1. The van der Waals surface area contributed by atoms with Gasteiger partial charge in [0.1, 0.15) is 5.75 Å². The number of para-hydroxylation sites is 1. The lowest BCUT2D eigenvalue weighted by atomic mass is 10.2. The van der Waals surface area contributed by atoms with Crippen LogP contribution in [0.5, 0.6) is 5.75 Å². The van der Waals surface area contributed by atoms with Crippen LogP contribution in [0, 0.1) is 0 Å². The normalized spacial score (nSPS) is 17.1. The van der Waals surface area contributed by atoms with Crippen LogP contribution < -0.4 is 4.74 Å². The third-order valence-corrected chi connectivity index (χ3v) is 3.76. The molecule has 2 amide bonds. The zero-order valence-corrected chi connectivity index (χ0v) is 12.4. The zero-order valence-electron chi connectivity index (χ0n) is 11.6. The summed E-state index contributed by atoms with van der Waals surface area (Å²) in [6.45, 7) is 4.85. The van der Waals surface area contributed by atoms with Crippen molar-refractivity contribution in [3.05, 3.63) is 34.7 Å². The van der Waals surface area contributed by atoms with Crippen molar-refractivity contribution in [2.75, 3.05) is 13.2 Å². The Kier molecular flexibility index (Phi) is 4.84. The summed E-state index contributed by atoms with van der Waals surface area (Å²) >= 11 is 0.977. The summed E-state index contributed by atoms with van der Waals surface area (Å²) < 4.78 is 5.65. The van der Waals surface area contributed by atoms with E-state index in [9.17, 15) is 9.59 Å². The number of rotatable bonds is 5. The summed E-state index contributed by atoms with van der Waals surface area (Å²) in [4.78, 5) is 25.4. The van der Waals surface area contributed by atoms with E-state index in [-0.39, 0.29) is 11.1 Å². The van der Waals surface area contributed by atoms with Crippen LogP contribution in [0.25, 0.3) is 6.08 Å². The fourth-order valence-electron chi connectivity index (χ4n) is 1.86. The second-order valence-electron chi connectivity index (χ2n) is 4.31. The number of carbonyl (C=O) groups is 2. The van der Waals surface area contributed by atoms with Crippen LogP contribution in [0.3, 0.4) is 0 Å². The number of hydrogen-bond acceptors (Lipinski definition) is 4. The number of likely N-dealkylation sites (N-methyl/N-ethyl adjacent to an activating group) is 1. The number of carbonyl (C=O) groups excluding carboxylic acids is 2. The molecule has 1 aromatic carbocycles. The standard InChI is InChI=1S/C15H17NO3S/c1-3-9-19-12-8-6-5-7-11(12)10-13-14(17)16(4-2)15(18)20-13/h5-8,10H,3-4,9H2,1-2H3/b13-10+. The monoisotopic (exact) mass is 291 g/mol. The van der Waals surface area contributed by atoms with Gasteiger partial charge in [-0.3, -0.25) is 14.5 Å². The molecule has 0 N–H and O–H groups in total. The van der Waals surface area contributed by atoms with Crippen molar-refractivity contribution >= 4 is 29.0 Å². The summed E-state index contributed by atoms with van der Waals surface area (Å²) in [5, 5.41) is -0.212. The maximum Gasteiger partial charge on any atom is 0.293 e. The average molecular weight is 291 g/mol. The average Bonchev–Trinajstić information content (AvgIpc) is 2.72. The maximum atomic E-state index is 12.1. The molecule has 20 heavy (non-hydrogen) atoms. The van der Waals surface area contributed by atoms with E-state index in [0.29, 0.717) is 18.1 Å². The van der Waals surface area contributed by atoms with E-state index < -0.39 is 0 Å². The molecule has 106 valence electrons. The van der Waals surface area contributed by atoms with Crippen molar-refractivity contribution in [2.45, 2.75) is 20.3 Å². The highest BCUT2D eigenvalue weighted by Gasteiger charge is 2.33. The molecule has 0 aromatic heterocycles. The van der Waals surface area contributed by atoms with Crippen LogP contribution in [0.15, 0.2) is 29.2 Å². The molecular weight excluding hydrogens is 274 g/mol. The van der Waals surface area contributed by atoms with Crippen molar-refractivity contribution in [2.24, 2.45) is 0 Å². The van der Waals surface area contributed by atoms with Crippen LogP contribution >= 0.6 is 11.8 Å². The topological polar surface area (TPSA) is 46.6 Å². The number of hydrogen-bond donors (Lipinski definition) is 0. The van der Waals surface area contributed by atoms with Gasteiger partial charge in [-0.2, -0.15) is 0 Å². The van der Waals surface area contributed by atoms with E-state index in [1.807, 2.05) is 31.2 Å². The highest BCUT2D eigenvalue weighted by molar-refractivity contribution is 8.18. The highest BCUT2D eigenvalue weighted by atomic mass is 32.2. The first-order valence-electron chi connectivity index (χ1n) is 6.64. The number of imide groups is 1. The van der Waals surface area contributed by atoms with E-state index in [1.165, 1.54) is 4.90 Å². The molecule has 0 saturated carbocycles. The van der Waals surface area contributed by atoms with Crippen LogP contribution in [0.2, 0.25) is 0 Å². The van der Waals surface area contributed by atoms with Crippen LogP contribution in [-0.2, 0) is 4.79 Å². The largest absolute Gasteiger partial charge is 0.493 e. The summed E-state index contributed by atoms with van der Waals surface area (Å²) in [5.74, 6) is 0.505. The first-order valence-corrected chi connectivity index (χ1v) is 7.46. The van der Waals surface area contributed by atoms with E-state index in [2.05, 4.69) is 0 Å². The highest BCUT2D eigenvalue weighted by Crippen LogP contribution is 2.33. The van der Waals surface area contributed by atoms with Crippen molar-refractivity contribution in [3.63, 3.8) is 0 Å². The molecule has 0 atom stereocenters. The Balaban J connectivity index is 2.27. The van der Waals surface area contributed by atoms with E-state index in [1.54, 1.807) is 13.0 Å². The fourth-order valence-corrected chi connectivity index (χ4v) is 2.75. The van der Waals surface area contributed by atoms with Crippen molar-refractivity contribution in [1.82, 2.24) is 4.90 Å². The molecule has 1 fully saturated rings. The van der Waals surface area contributed by atoms with Gasteiger partial charge in [0, 0.05) is 12.1 Å². The molecule has 2 rings (SSSR count). The number of benzene rings is 1. The van der Waals surface area contributed by atoms with Crippen LogP contribution in [0.1, 0.15) is 25.8 Å². The predicted octanol–water partition coefficient (Wildman–Crippen LogP) is 3.53. The number of nitrogens with zero attached hydrogens (tertiary/aromatic N) is 1. The molecule has 0 unspecified atom stereocenters. The minimum atomic E-state index is -0.229. The van der Waals surface area contributed by atoms with Gasteiger partial charge in [0.05, 0.1) is 11.5 Å². The maximum absolute atomic E-state index is 12.1. The second-order valence-corrected chi connectivity index (χ2v) is 5.31. The minimum Gasteiger partial charge on any atom is -0.493 e. The van der Waals surface area contributed by atoms with Gasteiger partial charge in [-0.1, -0.05) is 25.1 Å². The molecule has 1 aromatic rings. The summed E-state index contributed by atoms with van der Waals surface area (Å²) in [7, 11) is 0. The van der Waals surface area contributed by atoms with Gasteiger partial charge in [0.15, 0.2) is 0 Å². The van der Waals surface area contributed by atoms with Crippen molar-refractivity contribution < 1.29 is 14.3 Å². The Labute approximate surface area is 122 Å². The third kappa shape index (κ3) is 3.04. The lowest BCUT2D eigenvalue weighted by Gasteiger charge is -2.09. The molecule has 0 spiro atoms. The molecule has 5 heteroatoms. The third-order valence-electron chi connectivity index (χ3n) is 2.86. The molecule has 0 aliphatic carbocycles. The Morgan fingerprint density at radius 1 is 1.25 bits per heavy atom. The first-order chi connectivity index (χ1) is 9.67. The Morgan fingerprint density at radius 3 is 2.65 bits per heavy atom. The fraction of sp³-hybridized carbons (Fsp3) is 0.333. The first kappa shape index (κ1) is 14.7. The lowest BCUT2D eigenvalue weighted by Crippen LogP contribution is -2.27. The number of amides is 2. The second kappa shape index (κ2) is 6.61. The van der Waals surface area contributed by atoms with Crippen LogP contribution in [0.4, 0.5) is 4.79 Å². The molecule has 1 aliphatic rings. The van der Waals surface area contributed by atoms with E-state index in [4.69, 9.17) is 4.74 Å². The van der Waals surface area contributed by atoms with Gasteiger partial charge in [0.2, 0.25) is 0 Å². The van der Waals surface area contributed by atoms with Gasteiger partial charge in [-0.15, -0.1) is 0 Å². The Hall–Kier alpha value is -1.75. The molecule has 1 saturated heterocycles. The molecule has 4 nitrogen and oxygen atoms in total. The Morgan fingerprint density at radius 2 is 2.00 bits per heavy atom. The summed E-state index contributed by atoms with van der Waals surface area (Å²) in [6.07, 6.45) is 2.65. The quantitative estimate of drug-likeness (QED) is 0.779. The van der Waals surface area contributed by atoms with Crippen molar-refractivity contribution in [3.8, 4) is 5.75 Å². The number of ether oxygens (including phenoxy) is 1. The predicted molar refractivity (Wildman–Crippen MR) is 80.6 cm³/mol. The van der Waals surface area contributed by atoms with Gasteiger partial charge in [-0.05, 0) is 37.2 Å². The van der Waals surface area contributed by atoms with Gasteiger partial charge in [0.25, 0.3) is 11.1 Å². The molecule has 1 aliphatic heterocycles. The van der Waals surface area contributed by atoms with E-state index >= 15 is 0 Å². The molecule has 1 heterocycles. The smallest absolute Gasteiger partial charge is 0.293 e. The van der Waals surface area contributed by atoms with Crippen LogP contribution in [-0.4, -0.2) is 29.2 Å². The van der Waals surface area contributed by atoms with Gasteiger partial charge < -0.3 is 4.74 Å². The molecule has 0 bridgehead atoms.